The van der Waals surface area contributed by atoms with Crippen molar-refractivity contribution in [3.63, 3.8) is 0 Å². The summed E-state index contributed by atoms with van der Waals surface area (Å²) in [5.74, 6) is 0.921. The van der Waals surface area contributed by atoms with Gasteiger partial charge in [0, 0.05) is 26.2 Å². The van der Waals surface area contributed by atoms with Crippen molar-refractivity contribution in [1.82, 2.24) is 15.1 Å². The monoisotopic (exact) mass is 387 g/mol. The van der Waals surface area contributed by atoms with E-state index in [0.29, 0.717) is 19.1 Å². The molecule has 7 heteroatoms. The number of piperidine rings is 2. The number of hydrogen-bond acceptors (Lipinski definition) is 4. The van der Waals surface area contributed by atoms with Crippen molar-refractivity contribution in [2.75, 3.05) is 39.8 Å². The minimum Gasteiger partial charge on any atom is -0.368 e. The van der Waals surface area contributed by atoms with Crippen LogP contribution in [0.4, 0.5) is 0 Å². The maximum Gasteiger partial charge on any atom is 0.252 e. The number of ether oxygens (including phenoxy) is 1. The molecule has 0 aromatic heterocycles. The molecule has 2 atom stereocenters. The van der Waals surface area contributed by atoms with Crippen LogP contribution in [0.5, 0.6) is 0 Å². The molecule has 0 aromatic carbocycles. The van der Waals surface area contributed by atoms with Gasteiger partial charge in [-0.25, -0.2) is 0 Å². The molecule has 0 bridgehead atoms. The third-order valence-electron chi connectivity index (χ3n) is 6.00. The quantitative estimate of drug-likeness (QED) is 0.781. The molecule has 2 amide bonds. The van der Waals surface area contributed by atoms with Gasteiger partial charge in [-0.05, 0) is 70.9 Å². The van der Waals surface area contributed by atoms with Crippen LogP contribution >= 0.6 is 12.4 Å². The summed E-state index contributed by atoms with van der Waals surface area (Å²) in [5.41, 5.74) is 0. The maximum atomic E-state index is 13.1. The number of carbonyl (C=O) groups is 2. The summed E-state index contributed by atoms with van der Waals surface area (Å²) in [7, 11) is 1.99. The van der Waals surface area contributed by atoms with Crippen molar-refractivity contribution in [2.24, 2.45) is 5.92 Å². The Kier molecular flexibility index (Phi) is 8.64. The van der Waals surface area contributed by atoms with Crippen LogP contribution in [0.1, 0.15) is 51.4 Å². The predicted molar refractivity (Wildman–Crippen MR) is 103 cm³/mol. The van der Waals surface area contributed by atoms with Gasteiger partial charge in [0.25, 0.3) is 5.91 Å². The number of nitrogens with one attached hydrogen (secondary N) is 1. The molecule has 3 rings (SSSR count). The van der Waals surface area contributed by atoms with Crippen molar-refractivity contribution in [3.05, 3.63) is 0 Å². The average Bonchev–Trinajstić information content (AvgIpc) is 3.20. The Morgan fingerprint density at radius 2 is 1.77 bits per heavy atom. The highest BCUT2D eigenvalue weighted by Gasteiger charge is 2.39. The molecule has 3 heterocycles. The van der Waals surface area contributed by atoms with Gasteiger partial charge in [-0.2, -0.15) is 0 Å². The summed E-state index contributed by atoms with van der Waals surface area (Å²) in [5, 5.41) is 3.21. The second-order valence-corrected chi connectivity index (χ2v) is 7.71. The third kappa shape index (κ3) is 5.11. The zero-order chi connectivity index (χ0) is 17.6. The number of hydrogen-bond donors (Lipinski definition) is 1. The molecule has 150 valence electrons. The van der Waals surface area contributed by atoms with E-state index in [1.54, 1.807) is 0 Å². The molecule has 26 heavy (non-hydrogen) atoms. The number of amides is 2. The average molecular weight is 388 g/mol. The number of rotatable bonds is 5. The highest BCUT2D eigenvalue weighted by atomic mass is 35.5. The Morgan fingerprint density at radius 1 is 1.00 bits per heavy atom. The molecule has 0 aromatic rings. The molecular weight excluding hydrogens is 354 g/mol. The molecular formula is C19H34ClN3O3. The fourth-order valence-corrected chi connectivity index (χ4v) is 4.41. The van der Waals surface area contributed by atoms with Crippen LogP contribution in [0.25, 0.3) is 0 Å². The number of nitrogens with zero attached hydrogens (tertiary/aromatic N) is 2. The fraction of sp³-hybridized carbons (Fsp3) is 0.895. The van der Waals surface area contributed by atoms with Crippen molar-refractivity contribution >= 4 is 24.2 Å². The van der Waals surface area contributed by atoms with Crippen LogP contribution in [0.15, 0.2) is 0 Å². The Hall–Kier alpha value is -0.850. The van der Waals surface area contributed by atoms with E-state index in [0.717, 1.165) is 64.6 Å². The van der Waals surface area contributed by atoms with Gasteiger partial charge >= 0.3 is 0 Å². The van der Waals surface area contributed by atoms with Gasteiger partial charge in [0.1, 0.15) is 12.1 Å². The summed E-state index contributed by atoms with van der Waals surface area (Å²) in [6.07, 6.45) is 7.61. The normalized spacial score (nSPS) is 27.3. The van der Waals surface area contributed by atoms with Crippen LogP contribution in [0.3, 0.4) is 0 Å². The van der Waals surface area contributed by atoms with Crippen molar-refractivity contribution in [1.29, 1.82) is 0 Å². The van der Waals surface area contributed by atoms with Crippen LogP contribution < -0.4 is 5.32 Å². The first-order valence-corrected chi connectivity index (χ1v) is 10.1. The van der Waals surface area contributed by atoms with E-state index >= 15 is 0 Å². The molecule has 0 spiro atoms. The lowest BCUT2D eigenvalue weighted by atomic mass is 9.92. The molecule has 1 N–H and O–H groups in total. The fourth-order valence-electron chi connectivity index (χ4n) is 4.41. The molecule has 2 unspecified atom stereocenters. The van der Waals surface area contributed by atoms with Gasteiger partial charge in [-0.1, -0.05) is 0 Å². The summed E-state index contributed by atoms with van der Waals surface area (Å²) >= 11 is 0. The SMILES string of the molecule is CNCCC1CCN(C(=O)C2CCCCN2C(=O)C2CCCO2)CC1.Cl. The lowest BCUT2D eigenvalue weighted by Crippen LogP contribution is -2.56. The number of carbonyl (C=O) groups excluding carboxylic acids is 2. The van der Waals surface area contributed by atoms with Crippen LogP contribution in [0, 0.1) is 5.92 Å². The summed E-state index contributed by atoms with van der Waals surface area (Å²) in [6, 6.07) is -0.265. The van der Waals surface area contributed by atoms with Gasteiger partial charge in [0.15, 0.2) is 0 Å². The van der Waals surface area contributed by atoms with E-state index in [4.69, 9.17) is 4.74 Å². The van der Waals surface area contributed by atoms with Crippen molar-refractivity contribution < 1.29 is 14.3 Å². The minimum atomic E-state index is -0.319. The Labute approximate surface area is 163 Å². The zero-order valence-electron chi connectivity index (χ0n) is 16.0. The predicted octanol–water partition coefficient (Wildman–Crippen LogP) is 1.82. The summed E-state index contributed by atoms with van der Waals surface area (Å²) in [6.45, 7) is 4.10. The molecule has 3 aliphatic rings. The Morgan fingerprint density at radius 3 is 2.42 bits per heavy atom. The molecule has 3 saturated heterocycles. The molecule has 0 saturated carbocycles. The standard InChI is InChI=1S/C19H33N3O3.ClH/c1-20-10-7-15-8-12-21(13-9-15)18(23)16-5-2-3-11-22(16)19(24)17-6-4-14-25-17;/h15-17,20H,2-14H2,1H3;1H. The molecule has 0 radical (unpaired) electrons. The molecule has 3 aliphatic heterocycles. The van der Waals surface area contributed by atoms with Gasteiger partial charge in [0.2, 0.25) is 5.91 Å². The summed E-state index contributed by atoms with van der Waals surface area (Å²) in [4.78, 5) is 29.7. The van der Waals surface area contributed by atoms with Crippen LogP contribution in [-0.2, 0) is 14.3 Å². The van der Waals surface area contributed by atoms with E-state index in [-0.39, 0.29) is 36.4 Å². The van der Waals surface area contributed by atoms with Crippen molar-refractivity contribution in [2.45, 2.75) is 63.5 Å². The van der Waals surface area contributed by atoms with E-state index in [1.165, 1.54) is 6.42 Å². The lowest BCUT2D eigenvalue weighted by molar-refractivity contribution is -0.153. The largest absolute Gasteiger partial charge is 0.368 e. The van der Waals surface area contributed by atoms with Crippen LogP contribution in [0.2, 0.25) is 0 Å². The molecule has 6 nitrogen and oxygen atoms in total. The number of likely N-dealkylation sites (tertiary alicyclic amines) is 2. The Balaban J connectivity index is 0.00000243. The van der Waals surface area contributed by atoms with E-state index < -0.39 is 0 Å². The first-order chi connectivity index (χ1) is 12.2. The highest BCUT2D eigenvalue weighted by Crippen LogP contribution is 2.26. The van der Waals surface area contributed by atoms with Crippen molar-refractivity contribution in [3.8, 4) is 0 Å². The molecule has 3 fully saturated rings. The van der Waals surface area contributed by atoms with E-state index in [9.17, 15) is 9.59 Å². The van der Waals surface area contributed by atoms with Gasteiger partial charge in [0.05, 0.1) is 0 Å². The first-order valence-electron chi connectivity index (χ1n) is 10.1. The highest BCUT2D eigenvalue weighted by molar-refractivity contribution is 5.89. The lowest BCUT2D eigenvalue weighted by Gasteiger charge is -2.40. The zero-order valence-corrected chi connectivity index (χ0v) is 16.8. The second kappa shape index (κ2) is 10.5. The number of halogens is 1. The van der Waals surface area contributed by atoms with Gasteiger partial charge < -0.3 is 19.9 Å². The Bertz CT molecular complexity index is 463. The molecule has 0 aliphatic carbocycles. The smallest absolute Gasteiger partial charge is 0.252 e. The third-order valence-corrected chi connectivity index (χ3v) is 6.00. The topological polar surface area (TPSA) is 61.9 Å². The second-order valence-electron chi connectivity index (χ2n) is 7.71. The van der Waals surface area contributed by atoms with Gasteiger partial charge in [-0.15, -0.1) is 12.4 Å². The van der Waals surface area contributed by atoms with Gasteiger partial charge in [-0.3, -0.25) is 9.59 Å². The van der Waals surface area contributed by atoms with E-state index in [1.807, 2.05) is 16.8 Å². The van der Waals surface area contributed by atoms with Crippen LogP contribution in [-0.4, -0.2) is 73.6 Å². The maximum absolute atomic E-state index is 13.1. The first kappa shape index (κ1) is 21.5. The van der Waals surface area contributed by atoms with E-state index in [2.05, 4.69) is 5.32 Å². The minimum absolute atomic E-state index is 0. The summed E-state index contributed by atoms with van der Waals surface area (Å²) < 4.78 is 5.57.